The van der Waals surface area contributed by atoms with E-state index in [0.29, 0.717) is 11.3 Å². The van der Waals surface area contributed by atoms with E-state index in [4.69, 9.17) is 10.8 Å². The summed E-state index contributed by atoms with van der Waals surface area (Å²) in [5, 5.41) is 8.12. The van der Waals surface area contributed by atoms with Crippen LogP contribution in [0, 0.1) is 6.92 Å². The molecule has 0 radical (unpaired) electrons. The summed E-state index contributed by atoms with van der Waals surface area (Å²) in [6, 6.07) is 17.4. The number of rotatable bonds is 4. The van der Waals surface area contributed by atoms with Crippen molar-refractivity contribution in [2.45, 2.75) is 33.1 Å². The van der Waals surface area contributed by atoms with Crippen molar-refractivity contribution in [2.75, 3.05) is 5.32 Å². The maximum atomic E-state index is 11.7. The molecular weight excluding hydrogens is 324 g/mol. The largest absolute Gasteiger partial charge is 0.366 e. The topological polar surface area (TPSA) is 72.9 Å². The van der Waals surface area contributed by atoms with Crippen molar-refractivity contribution < 1.29 is 4.79 Å². The van der Waals surface area contributed by atoms with Gasteiger partial charge in [-0.2, -0.15) is 5.10 Å². The van der Waals surface area contributed by atoms with Crippen molar-refractivity contribution in [3.63, 3.8) is 0 Å². The number of para-hydroxylation sites is 1. The van der Waals surface area contributed by atoms with E-state index < -0.39 is 5.91 Å². The van der Waals surface area contributed by atoms with Crippen molar-refractivity contribution >= 4 is 17.4 Å². The Kier molecular flexibility index (Phi) is 4.55. The van der Waals surface area contributed by atoms with E-state index in [1.807, 2.05) is 35.0 Å². The van der Waals surface area contributed by atoms with Crippen molar-refractivity contribution in [3.05, 3.63) is 71.4 Å². The molecule has 0 aliphatic rings. The molecule has 5 heteroatoms. The van der Waals surface area contributed by atoms with Gasteiger partial charge in [-0.1, -0.05) is 50.6 Å². The smallest absolute Gasteiger partial charge is 0.250 e. The van der Waals surface area contributed by atoms with Gasteiger partial charge in [0.25, 0.3) is 5.91 Å². The molecule has 0 spiro atoms. The van der Waals surface area contributed by atoms with E-state index in [1.54, 1.807) is 12.1 Å². The molecule has 3 N–H and O–H groups in total. The molecule has 0 aliphatic carbocycles. The summed E-state index contributed by atoms with van der Waals surface area (Å²) in [6.07, 6.45) is 0. The lowest BCUT2D eigenvalue weighted by molar-refractivity contribution is 0.100. The Bertz CT molecular complexity index is 933. The molecule has 26 heavy (non-hydrogen) atoms. The molecule has 1 amide bonds. The highest BCUT2D eigenvalue weighted by atomic mass is 16.1. The first-order valence-electron chi connectivity index (χ1n) is 8.59. The van der Waals surface area contributed by atoms with Gasteiger partial charge in [0.2, 0.25) is 0 Å². The van der Waals surface area contributed by atoms with E-state index >= 15 is 0 Å². The number of anilines is 2. The van der Waals surface area contributed by atoms with Crippen LogP contribution in [0.1, 0.15) is 42.4 Å². The van der Waals surface area contributed by atoms with Gasteiger partial charge in [0.1, 0.15) is 5.82 Å². The maximum absolute atomic E-state index is 11.7. The Morgan fingerprint density at radius 3 is 2.35 bits per heavy atom. The van der Waals surface area contributed by atoms with Crippen LogP contribution in [0.2, 0.25) is 0 Å². The number of carbonyl (C=O) groups excluding carboxylic acids is 1. The Morgan fingerprint density at radius 2 is 1.73 bits per heavy atom. The molecular formula is C21H24N4O. The second kappa shape index (κ2) is 6.67. The normalized spacial score (nSPS) is 11.4. The highest BCUT2D eigenvalue weighted by Gasteiger charge is 2.21. The van der Waals surface area contributed by atoms with Crippen LogP contribution in [-0.2, 0) is 5.41 Å². The van der Waals surface area contributed by atoms with Gasteiger partial charge in [-0.05, 0) is 31.2 Å². The van der Waals surface area contributed by atoms with Crippen LogP contribution in [0.15, 0.2) is 54.6 Å². The molecule has 0 saturated heterocycles. The molecule has 0 aliphatic heterocycles. The van der Waals surface area contributed by atoms with Crippen LogP contribution < -0.4 is 11.1 Å². The fourth-order valence-corrected chi connectivity index (χ4v) is 2.66. The van der Waals surface area contributed by atoms with Crippen LogP contribution in [-0.4, -0.2) is 15.7 Å². The maximum Gasteiger partial charge on any atom is 0.250 e. The summed E-state index contributed by atoms with van der Waals surface area (Å²) in [7, 11) is 0. The van der Waals surface area contributed by atoms with Gasteiger partial charge in [-0.25, -0.2) is 4.68 Å². The Balaban J connectivity index is 2.10. The van der Waals surface area contributed by atoms with Gasteiger partial charge >= 0.3 is 0 Å². The Morgan fingerprint density at radius 1 is 1.08 bits per heavy atom. The van der Waals surface area contributed by atoms with Gasteiger partial charge in [-0.3, -0.25) is 4.79 Å². The summed E-state index contributed by atoms with van der Waals surface area (Å²) in [5.74, 6) is 0.318. The van der Waals surface area contributed by atoms with Gasteiger partial charge in [0.15, 0.2) is 0 Å². The molecule has 3 aromatic rings. The fraction of sp³-hybridized carbons (Fsp3) is 0.238. The molecule has 0 saturated carbocycles. The number of hydrogen-bond acceptors (Lipinski definition) is 3. The van der Waals surface area contributed by atoms with E-state index in [9.17, 15) is 4.79 Å². The molecule has 134 valence electrons. The van der Waals surface area contributed by atoms with E-state index in [1.165, 1.54) is 5.56 Å². The average molecular weight is 348 g/mol. The van der Waals surface area contributed by atoms with Crippen LogP contribution in [0.5, 0.6) is 0 Å². The molecule has 3 rings (SSSR count). The monoisotopic (exact) mass is 348 g/mol. The van der Waals surface area contributed by atoms with E-state index in [-0.39, 0.29) is 5.41 Å². The first-order chi connectivity index (χ1) is 12.3. The zero-order valence-electron chi connectivity index (χ0n) is 15.6. The highest BCUT2D eigenvalue weighted by molar-refractivity contribution is 5.99. The fourth-order valence-electron chi connectivity index (χ4n) is 2.66. The van der Waals surface area contributed by atoms with Crippen molar-refractivity contribution in [1.82, 2.24) is 9.78 Å². The van der Waals surface area contributed by atoms with Crippen molar-refractivity contribution in [2.24, 2.45) is 5.73 Å². The number of aryl methyl sites for hydroxylation is 1. The molecule has 0 fully saturated rings. The molecule has 5 nitrogen and oxygen atoms in total. The highest BCUT2D eigenvalue weighted by Crippen LogP contribution is 2.29. The lowest BCUT2D eigenvalue weighted by atomic mass is 9.92. The Labute approximate surface area is 153 Å². The summed E-state index contributed by atoms with van der Waals surface area (Å²) >= 11 is 0. The molecule has 0 unspecified atom stereocenters. The number of hydrogen-bond donors (Lipinski definition) is 2. The summed E-state index contributed by atoms with van der Waals surface area (Å²) in [6.45, 7) is 8.41. The minimum absolute atomic E-state index is 0.102. The number of amides is 1. The second-order valence-corrected chi connectivity index (χ2v) is 7.45. The molecule has 0 atom stereocenters. The van der Waals surface area contributed by atoms with Crippen LogP contribution in [0.4, 0.5) is 11.5 Å². The third-order valence-corrected chi connectivity index (χ3v) is 4.21. The first-order valence-corrected chi connectivity index (χ1v) is 8.59. The minimum Gasteiger partial charge on any atom is -0.366 e. The van der Waals surface area contributed by atoms with Crippen LogP contribution >= 0.6 is 0 Å². The van der Waals surface area contributed by atoms with E-state index in [0.717, 1.165) is 17.2 Å². The van der Waals surface area contributed by atoms with Gasteiger partial charge in [0.05, 0.1) is 22.6 Å². The number of carbonyl (C=O) groups is 1. The van der Waals surface area contributed by atoms with Crippen molar-refractivity contribution in [1.29, 1.82) is 0 Å². The molecule has 0 bridgehead atoms. The van der Waals surface area contributed by atoms with Crippen LogP contribution in [0.3, 0.4) is 0 Å². The SMILES string of the molecule is Cc1ccc(-n2nc(C(C)(C)C)cc2Nc2ccccc2C(N)=O)cc1. The number of nitrogens with two attached hydrogens (primary N) is 1. The van der Waals surface area contributed by atoms with Crippen molar-refractivity contribution in [3.8, 4) is 5.69 Å². The quantitative estimate of drug-likeness (QED) is 0.737. The number of benzene rings is 2. The summed E-state index contributed by atoms with van der Waals surface area (Å²) in [5.41, 5.74) is 9.60. The zero-order valence-corrected chi connectivity index (χ0v) is 15.6. The van der Waals surface area contributed by atoms with Gasteiger partial charge in [-0.15, -0.1) is 0 Å². The van der Waals surface area contributed by atoms with Crippen LogP contribution in [0.25, 0.3) is 5.69 Å². The minimum atomic E-state index is -0.467. The summed E-state index contributed by atoms with van der Waals surface area (Å²) < 4.78 is 1.86. The van der Waals surface area contributed by atoms with E-state index in [2.05, 4.69) is 45.1 Å². The van der Waals surface area contributed by atoms with Gasteiger partial charge in [0, 0.05) is 11.5 Å². The van der Waals surface area contributed by atoms with Gasteiger partial charge < -0.3 is 11.1 Å². The number of nitrogens with one attached hydrogen (secondary N) is 1. The third-order valence-electron chi connectivity index (χ3n) is 4.21. The third kappa shape index (κ3) is 3.61. The number of nitrogens with zero attached hydrogens (tertiary/aromatic N) is 2. The first kappa shape index (κ1) is 17.7. The molecule has 1 heterocycles. The number of primary amides is 1. The average Bonchev–Trinajstić information content (AvgIpc) is 3.00. The molecule has 2 aromatic carbocycles. The predicted molar refractivity (Wildman–Crippen MR) is 105 cm³/mol. The molecule has 1 aromatic heterocycles. The standard InChI is InChI=1S/C21H24N4O/c1-14-9-11-15(12-10-14)25-19(13-18(24-25)21(2,3)4)23-17-8-6-5-7-16(17)20(22)26/h5-13,23H,1-4H3,(H2,22,26). The number of aromatic nitrogens is 2. The Hall–Kier alpha value is -3.08. The lowest BCUT2D eigenvalue weighted by Crippen LogP contribution is -2.14. The second-order valence-electron chi connectivity index (χ2n) is 7.45. The summed E-state index contributed by atoms with van der Waals surface area (Å²) in [4.78, 5) is 11.7. The predicted octanol–water partition coefficient (Wildman–Crippen LogP) is 4.32. The lowest BCUT2D eigenvalue weighted by Gasteiger charge is -2.14. The zero-order chi connectivity index (χ0) is 18.9.